The average Bonchev–Trinajstić information content (AvgIpc) is 2.67. The lowest BCUT2D eigenvalue weighted by molar-refractivity contribution is -0.144. The van der Waals surface area contributed by atoms with Gasteiger partial charge in [-0.05, 0) is 12.8 Å². The van der Waals surface area contributed by atoms with Crippen molar-refractivity contribution in [2.24, 2.45) is 5.92 Å². The van der Waals surface area contributed by atoms with Crippen LogP contribution in [-0.2, 0) is 14.4 Å². The summed E-state index contributed by atoms with van der Waals surface area (Å²) in [5.74, 6) is 0.0167. The molecule has 2 aliphatic heterocycles. The van der Waals surface area contributed by atoms with Gasteiger partial charge in [-0.25, -0.2) is 0 Å². The number of piperidine rings is 1. The maximum Gasteiger partial charge on any atom is 0.226 e. The highest BCUT2D eigenvalue weighted by Crippen LogP contribution is 2.20. The molecule has 0 radical (unpaired) electrons. The van der Waals surface area contributed by atoms with Crippen LogP contribution in [0.1, 0.15) is 26.2 Å². The Hall–Kier alpha value is -1.59. The van der Waals surface area contributed by atoms with Crippen LogP contribution in [0.2, 0.25) is 0 Å². The van der Waals surface area contributed by atoms with E-state index in [1.165, 1.54) is 0 Å². The molecule has 6 nitrogen and oxygen atoms in total. The lowest BCUT2D eigenvalue weighted by Gasteiger charge is -2.31. The van der Waals surface area contributed by atoms with E-state index in [4.69, 9.17) is 0 Å². The van der Waals surface area contributed by atoms with Crippen LogP contribution in [0.5, 0.6) is 0 Å². The van der Waals surface area contributed by atoms with Gasteiger partial charge < -0.3 is 14.7 Å². The molecular formula is C14H23N3O3. The number of amides is 3. The molecule has 2 fully saturated rings. The van der Waals surface area contributed by atoms with E-state index in [9.17, 15) is 14.4 Å². The molecule has 0 aromatic heterocycles. The molecule has 0 N–H and O–H groups in total. The summed E-state index contributed by atoms with van der Waals surface area (Å²) in [6, 6.07) is 0. The second-order valence-electron chi connectivity index (χ2n) is 5.69. The first-order valence-corrected chi connectivity index (χ1v) is 7.27. The highest BCUT2D eigenvalue weighted by atomic mass is 16.2. The summed E-state index contributed by atoms with van der Waals surface area (Å²) in [6.45, 7) is 4.80. The third-order valence-electron chi connectivity index (χ3n) is 4.26. The first-order chi connectivity index (χ1) is 9.49. The Balaban J connectivity index is 1.92. The van der Waals surface area contributed by atoms with E-state index < -0.39 is 0 Å². The topological polar surface area (TPSA) is 60.9 Å². The van der Waals surface area contributed by atoms with E-state index >= 15 is 0 Å². The number of hydrogen-bond donors (Lipinski definition) is 0. The van der Waals surface area contributed by atoms with E-state index in [-0.39, 0.29) is 23.6 Å². The Morgan fingerprint density at radius 2 is 1.70 bits per heavy atom. The van der Waals surface area contributed by atoms with Gasteiger partial charge in [-0.2, -0.15) is 0 Å². The smallest absolute Gasteiger partial charge is 0.226 e. The van der Waals surface area contributed by atoms with Crippen LogP contribution < -0.4 is 0 Å². The number of carbonyl (C=O) groups is 3. The van der Waals surface area contributed by atoms with Crippen molar-refractivity contribution in [3.05, 3.63) is 0 Å². The molecule has 0 spiro atoms. The van der Waals surface area contributed by atoms with E-state index in [0.29, 0.717) is 39.1 Å². The van der Waals surface area contributed by atoms with E-state index in [0.717, 1.165) is 12.8 Å². The van der Waals surface area contributed by atoms with E-state index in [2.05, 4.69) is 0 Å². The molecule has 0 bridgehead atoms. The zero-order chi connectivity index (χ0) is 14.7. The van der Waals surface area contributed by atoms with Crippen molar-refractivity contribution in [2.75, 3.05) is 39.8 Å². The zero-order valence-electron chi connectivity index (χ0n) is 12.3. The molecule has 1 unspecified atom stereocenters. The van der Waals surface area contributed by atoms with Crippen molar-refractivity contribution >= 4 is 17.7 Å². The maximum absolute atomic E-state index is 12.5. The quantitative estimate of drug-likeness (QED) is 0.676. The van der Waals surface area contributed by atoms with Gasteiger partial charge in [0, 0.05) is 59.0 Å². The third kappa shape index (κ3) is 3.29. The number of rotatable bonds is 1. The summed E-state index contributed by atoms with van der Waals surface area (Å²) in [5.41, 5.74) is 0. The zero-order valence-corrected chi connectivity index (χ0v) is 12.3. The summed E-state index contributed by atoms with van der Waals surface area (Å²) in [7, 11) is 1.78. The number of carbonyl (C=O) groups excluding carboxylic acids is 3. The predicted octanol–water partition coefficient (Wildman–Crippen LogP) is -0.0644. The fourth-order valence-electron chi connectivity index (χ4n) is 2.86. The van der Waals surface area contributed by atoms with E-state index in [1.54, 1.807) is 23.8 Å². The minimum Gasteiger partial charge on any atom is -0.346 e. The highest BCUT2D eigenvalue weighted by molar-refractivity contribution is 5.87. The number of hydrogen-bond acceptors (Lipinski definition) is 3. The molecule has 0 saturated carbocycles. The molecular weight excluding hydrogens is 258 g/mol. The fraction of sp³-hybridized carbons (Fsp3) is 0.786. The summed E-state index contributed by atoms with van der Waals surface area (Å²) in [5, 5.41) is 0. The Morgan fingerprint density at radius 1 is 1.05 bits per heavy atom. The summed E-state index contributed by atoms with van der Waals surface area (Å²) in [4.78, 5) is 40.9. The minimum atomic E-state index is -0.178. The van der Waals surface area contributed by atoms with Crippen molar-refractivity contribution in [2.45, 2.75) is 26.2 Å². The number of nitrogens with zero attached hydrogens (tertiary/aromatic N) is 3. The van der Waals surface area contributed by atoms with Crippen molar-refractivity contribution in [3.8, 4) is 0 Å². The molecule has 2 saturated heterocycles. The predicted molar refractivity (Wildman–Crippen MR) is 73.8 cm³/mol. The lowest BCUT2D eigenvalue weighted by atomic mass is 9.95. The third-order valence-corrected chi connectivity index (χ3v) is 4.26. The highest BCUT2D eigenvalue weighted by Gasteiger charge is 2.32. The van der Waals surface area contributed by atoms with Crippen LogP contribution in [-0.4, -0.2) is 72.2 Å². The Morgan fingerprint density at radius 3 is 2.35 bits per heavy atom. The first-order valence-electron chi connectivity index (χ1n) is 7.27. The molecule has 2 heterocycles. The van der Waals surface area contributed by atoms with Gasteiger partial charge in [0.05, 0.1) is 0 Å². The van der Waals surface area contributed by atoms with Gasteiger partial charge in [0.15, 0.2) is 0 Å². The Kier molecular flexibility index (Phi) is 4.62. The second-order valence-corrected chi connectivity index (χ2v) is 5.69. The maximum atomic E-state index is 12.5. The molecule has 1 atom stereocenters. The molecule has 2 aliphatic rings. The molecule has 0 aromatic rings. The Bertz CT molecular complexity index is 410. The standard InChI is InChI=1S/C14H23N3O3/c1-11(18)16-5-3-6-17(9-8-16)14(20)12-4-7-15(2)13(19)10-12/h12H,3-10H2,1-2H3. The molecule has 20 heavy (non-hydrogen) atoms. The molecule has 3 amide bonds. The number of likely N-dealkylation sites (tertiary alicyclic amines) is 1. The molecule has 2 rings (SSSR count). The first kappa shape index (κ1) is 14.8. The van der Waals surface area contributed by atoms with Gasteiger partial charge in [0.2, 0.25) is 17.7 Å². The van der Waals surface area contributed by atoms with Gasteiger partial charge in [0.25, 0.3) is 0 Å². The van der Waals surface area contributed by atoms with Gasteiger partial charge in [-0.15, -0.1) is 0 Å². The van der Waals surface area contributed by atoms with Gasteiger partial charge in [-0.3, -0.25) is 14.4 Å². The van der Waals surface area contributed by atoms with E-state index in [1.807, 2.05) is 4.90 Å². The summed E-state index contributed by atoms with van der Waals surface area (Å²) in [6.07, 6.45) is 1.88. The Labute approximate surface area is 119 Å². The monoisotopic (exact) mass is 281 g/mol. The van der Waals surface area contributed by atoms with Gasteiger partial charge in [0.1, 0.15) is 0 Å². The van der Waals surface area contributed by atoms with Gasteiger partial charge >= 0.3 is 0 Å². The van der Waals surface area contributed by atoms with Crippen molar-refractivity contribution in [1.29, 1.82) is 0 Å². The van der Waals surface area contributed by atoms with Crippen molar-refractivity contribution < 1.29 is 14.4 Å². The lowest BCUT2D eigenvalue weighted by Crippen LogP contribution is -2.45. The molecule has 112 valence electrons. The van der Waals surface area contributed by atoms with Crippen molar-refractivity contribution in [1.82, 2.24) is 14.7 Å². The molecule has 6 heteroatoms. The second kappa shape index (κ2) is 6.24. The van der Waals surface area contributed by atoms with Crippen LogP contribution in [0.25, 0.3) is 0 Å². The summed E-state index contributed by atoms with van der Waals surface area (Å²) >= 11 is 0. The average molecular weight is 281 g/mol. The van der Waals surface area contributed by atoms with Crippen LogP contribution >= 0.6 is 0 Å². The van der Waals surface area contributed by atoms with Crippen molar-refractivity contribution in [3.63, 3.8) is 0 Å². The van der Waals surface area contributed by atoms with Crippen LogP contribution in [0.4, 0.5) is 0 Å². The fourth-order valence-corrected chi connectivity index (χ4v) is 2.86. The minimum absolute atomic E-state index is 0.0507. The largest absolute Gasteiger partial charge is 0.346 e. The SMILES string of the molecule is CC(=O)N1CCCN(C(=O)C2CCN(C)C(=O)C2)CC1. The summed E-state index contributed by atoms with van der Waals surface area (Å²) < 4.78 is 0. The van der Waals surface area contributed by atoms with Crippen LogP contribution in [0, 0.1) is 5.92 Å². The molecule has 0 aliphatic carbocycles. The van der Waals surface area contributed by atoms with Gasteiger partial charge in [-0.1, -0.05) is 0 Å². The van der Waals surface area contributed by atoms with Crippen LogP contribution in [0.3, 0.4) is 0 Å². The van der Waals surface area contributed by atoms with Crippen LogP contribution in [0.15, 0.2) is 0 Å². The molecule has 0 aromatic carbocycles. The normalized spacial score (nSPS) is 24.6.